The van der Waals surface area contributed by atoms with Crippen LogP contribution in [0.5, 0.6) is 0 Å². The van der Waals surface area contributed by atoms with E-state index in [1.165, 1.54) is 18.1 Å². The number of hydrogen-bond acceptors (Lipinski definition) is 6. The number of thioether (sulfide) groups is 1. The number of aromatic nitrogens is 2. The largest absolute Gasteiger partial charge is 0.461 e. The molecule has 1 heterocycles. The van der Waals surface area contributed by atoms with Crippen LogP contribution >= 0.6 is 11.8 Å². The van der Waals surface area contributed by atoms with E-state index >= 15 is 0 Å². The van der Waals surface area contributed by atoms with Crippen LogP contribution in [0, 0.1) is 0 Å². The highest BCUT2D eigenvalue weighted by Crippen LogP contribution is 2.29. The molecule has 0 radical (unpaired) electrons. The maximum absolute atomic E-state index is 12.8. The summed E-state index contributed by atoms with van der Waals surface area (Å²) < 4.78 is 36.6. The van der Waals surface area contributed by atoms with Crippen LogP contribution in [0.4, 0.5) is 0 Å². The van der Waals surface area contributed by atoms with E-state index in [0.717, 1.165) is 17.0 Å². The van der Waals surface area contributed by atoms with E-state index in [1.54, 1.807) is 50.2 Å². The van der Waals surface area contributed by atoms with Crippen molar-refractivity contribution in [3.05, 3.63) is 65.6 Å². The van der Waals surface area contributed by atoms with E-state index < -0.39 is 16.0 Å². The summed E-state index contributed by atoms with van der Waals surface area (Å²) in [5.74, 6) is 0.412. The van der Waals surface area contributed by atoms with Crippen molar-refractivity contribution in [1.82, 2.24) is 14.5 Å². The SMILES string of the molecule is CCOC(=O)c1c(SC)nc(CC)n1Cc1ccc(-c2ccccc2S(=O)(=O)/N=C/N(C)C)cc1. The van der Waals surface area contributed by atoms with Gasteiger partial charge in [-0.2, -0.15) is 8.42 Å². The van der Waals surface area contributed by atoms with Gasteiger partial charge in [-0.1, -0.05) is 49.4 Å². The molecule has 10 heteroatoms. The number of nitrogens with zero attached hydrogens (tertiary/aromatic N) is 4. The van der Waals surface area contributed by atoms with Gasteiger partial charge in [0.15, 0.2) is 5.69 Å². The van der Waals surface area contributed by atoms with E-state index in [0.29, 0.717) is 29.2 Å². The highest BCUT2D eigenvalue weighted by atomic mass is 32.2. The quantitative estimate of drug-likeness (QED) is 0.172. The Hall–Kier alpha value is -3.11. The second-order valence-corrected chi connectivity index (χ2v) is 10.3. The van der Waals surface area contributed by atoms with E-state index in [9.17, 15) is 13.2 Å². The third-order valence-corrected chi connectivity index (χ3v) is 7.14. The first-order chi connectivity index (χ1) is 16.7. The summed E-state index contributed by atoms with van der Waals surface area (Å²) in [6, 6.07) is 14.4. The molecule has 0 N–H and O–H groups in total. The summed E-state index contributed by atoms with van der Waals surface area (Å²) >= 11 is 1.42. The van der Waals surface area contributed by atoms with Crippen LogP contribution in [-0.4, -0.2) is 62.1 Å². The van der Waals surface area contributed by atoms with Gasteiger partial charge in [-0.15, -0.1) is 16.2 Å². The molecule has 0 saturated heterocycles. The Morgan fingerprint density at radius 1 is 1.14 bits per heavy atom. The van der Waals surface area contributed by atoms with Crippen LogP contribution in [0.3, 0.4) is 0 Å². The Balaban J connectivity index is 1.97. The minimum atomic E-state index is -3.86. The maximum atomic E-state index is 12.8. The lowest BCUT2D eigenvalue weighted by molar-refractivity contribution is 0.0509. The van der Waals surface area contributed by atoms with E-state index in [-0.39, 0.29) is 11.5 Å². The molecule has 2 aromatic carbocycles. The number of sulfonamides is 1. The van der Waals surface area contributed by atoms with Crippen molar-refractivity contribution >= 4 is 34.1 Å². The van der Waals surface area contributed by atoms with Gasteiger partial charge in [0.2, 0.25) is 0 Å². The monoisotopic (exact) mass is 514 g/mol. The summed E-state index contributed by atoms with van der Waals surface area (Å²) in [6.45, 7) is 4.50. The van der Waals surface area contributed by atoms with Gasteiger partial charge in [0.1, 0.15) is 17.2 Å². The Bertz CT molecular complexity index is 1310. The van der Waals surface area contributed by atoms with Crippen molar-refractivity contribution in [2.75, 3.05) is 27.0 Å². The van der Waals surface area contributed by atoms with Gasteiger partial charge < -0.3 is 14.2 Å². The molecule has 0 saturated carbocycles. The third kappa shape index (κ3) is 6.12. The van der Waals surface area contributed by atoms with Crippen LogP contribution in [0.15, 0.2) is 62.9 Å². The molecule has 0 aliphatic rings. The van der Waals surface area contributed by atoms with Gasteiger partial charge in [-0.3, -0.25) is 0 Å². The lowest BCUT2D eigenvalue weighted by atomic mass is 10.0. The normalized spacial score (nSPS) is 11.7. The Morgan fingerprint density at radius 2 is 1.83 bits per heavy atom. The smallest absolute Gasteiger partial charge is 0.357 e. The van der Waals surface area contributed by atoms with Crippen molar-refractivity contribution < 1.29 is 17.9 Å². The minimum absolute atomic E-state index is 0.142. The Morgan fingerprint density at radius 3 is 2.43 bits per heavy atom. The molecule has 186 valence electrons. The van der Waals surface area contributed by atoms with Crippen LogP contribution in [0.25, 0.3) is 11.1 Å². The van der Waals surface area contributed by atoms with Gasteiger partial charge in [-0.25, -0.2) is 9.78 Å². The molecule has 0 aliphatic carbocycles. The van der Waals surface area contributed by atoms with E-state index in [4.69, 9.17) is 4.74 Å². The number of carbonyl (C=O) groups excluding carboxylic acids is 1. The van der Waals surface area contributed by atoms with Gasteiger partial charge >= 0.3 is 5.97 Å². The first-order valence-electron chi connectivity index (χ1n) is 11.2. The molecule has 0 unspecified atom stereocenters. The van der Waals surface area contributed by atoms with Gasteiger partial charge in [0, 0.05) is 32.6 Å². The summed E-state index contributed by atoms with van der Waals surface area (Å²) in [5, 5.41) is 0.648. The molecular weight excluding hydrogens is 484 g/mol. The van der Waals surface area contributed by atoms with Gasteiger partial charge in [0.05, 0.1) is 11.5 Å². The fourth-order valence-electron chi connectivity index (χ4n) is 3.57. The van der Waals surface area contributed by atoms with Crippen LogP contribution in [-0.2, 0) is 27.7 Å². The topological polar surface area (TPSA) is 93.9 Å². The molecule has 0 fully saturated rings. The molecule has 8 nitrogen and oxygen atoms in total. The molecule has 0 bridgehead atoms. The zero-order valence-electron chi connectivity index (χ0n) is 20.6. The van der Waals surface area contributed by atoms with Crippen LogP contribution in [0.1, 0.15) is 35.7 Å². The molecule has 35 heavy (non-hydrogen) atoms. The molecule has 3 rings (SSSR count). The predicted octanol–water partition coefficient (Wildman–Crippen LogP) is 4.34. The molecule has 1 aromatic heterocycles. The second kappa shape index (κ2) is 11.5. The minimum Gasteiger partial charge on any atom is -0.461 e. The van der Waals surface area contributed by atoms with Crippen molar-refractivity contribution in [1.29, 1.82) is 0 Å². The van der Waals surface area contributed by atoms with Gasteiger partial charge in [-0.05, 0) is 30.4 Å². The standard InChI is InChI=1S/C25H30N4O4S2/c1-6-22-27-24(34-5)23(25(30)33-7-2)29(22)16-18-12-14-19(15-13-18)20-10-8-9-11-21(20)35(31,32)26-17-28(3)4/h8-15,17H,6-7,16H2,1-5H3/b26-17+. The third-order valence-electron chi connectivity index (χ3n) is 5.18. The number of aryl methyl sites for hydroxylation is 1. The molecular formula is C25H30N4O4S2. The molecule has 3 aromatic rings. The molecule has 0 amide bonds. The lowest BCUT2D eigenvalue weighted by Crippen LogP contribution is -2.15. The van der Waals surface area contributed by atoms with Crippen LogP contribution < -0.4 is 0 Å². The average Bonchev–Trinajstić information content (AvgIpc) is 3.21. The zero-order chi connectivity index (χ0) is 25.6. The zero-order valence-corrected chi connectivity index (χ0v) is 22.2. The summed E-state index contributed by atoms with van der Waals surface area (Å²) in [6.07, 6.45) is 3.83. The maximum Gasteiger partial charge on any atom is 0.357 e. The number of carbonyl (C=O) groups is 1. The number of ether oxygens (including phenoxy) is 1. The number of benzene rings is 2. The van der Waals surface area contributed by atoms with E-state index in [1.807, 2.05) is 42.0 Å². The first-order valence-corrected chi connectivity index (χ1v) is 13.8. The summed E-state index contributed by atoms with van der Waals surface area (Å²) in [4.78, 5) is 19.0. The summed E-state index contributed by atoms with van der Waals surface area (Å²) in [7, 11) is -0.438. The van der Waals surface area contributed by atoms with Crippen molar-refractivity contribution in [2.45, 2.75) is 36.7 Å². The van der Waals surface area contributed by atoms with Crippen molar-refractivity contribution in [3.8, 4) is 11.1 Å². The highest BCUT2D eigenvalue weighted by molar-refractivity contribution is 7.98. The average molecular weight is 515 g/mol. The Kier molecular flexibility index (Phi) is 8.74. The van der Waals surface area contributed by atoms with Crippen molar-refractivity contribution in [2.24, 2.45) is 4.40 Å². The molecule has 0 spiro atoms. The number of esters is 1. The van der Waals surface area contributed by atoms with Crippen LogP contribution in [0.2, 0.25) is 0 Å². The molecule has 0 aliphatic heterocycles. The van der Waals surface area contributed by atoms with Crippen molar-refractivity contribution in [3.63, 3.8) is 0 Å². The predicted molar refractivity (Wildman–Crippen MR) is 140 cm³/mol. The number of hydrogen-bond donors (Lipinski definition) is 0. The fourth-order valence-corrected chi connectivity index (χ4v) is 5.29. The highest BCUT2D eigenvalue weighted by Gasteiger charge is 2.23. The van der Waals surface area contributed by atoms with E-state index in [2.05, 4.69) is 9.38 Å². The molecule has 0 atom stereocenters. The number of rotatable bonds is 10. The Labute approximate surface area is 211 Å². The summed E-state index contributed by atoms with van der Waals surface area (Å²) in [5.41, 5.74) is 2.73. The number of imidazole rings is 1. The second-order valence-electron chi connectivity index (χ2n) is 7.90. The van der Waals surface area contributed by atoms with Gasteiger partial charge in [0.25, 0.3) is 10.0 Å². The first kappa shape index (κ1) is 26.5. The lowest BCUT2D eigenvalue weighted by Gasteiger charge is -2.13. The fraction of sp³-hybridized carbons (Fsp3) is 0.320.